The number of nitrogens with one attached hydrogen (secondary N) is 1. The van der Waals surface area contributed by atoms with Crippen LogP contribution in [-0.2, 0) is 23.0 Å². The van der Waals surface area contributed by atoms with Crippen molar-refractivity contribution in [2.24, 2.45) is 0 Å². The first-order valence-corrected chi connectivity index (χ1v) is 11.3. The molecule has 0 radical (unpaired) electrons. The first kappa shape index (κ1) is 18.8. The molecule has 0 bridgehead atoms. The van der Waals surface area contributed by atoms with Gasteiger partial charge < -0.3 is 0 Å². The van der Waals surface area contributed by atoms with Crippen molar-refractivity contribution < 1.29 is 8.42 Å². The Labute approximate surface area is 167 Å². The van der Waals surface area contributed by atoms with E-state index in [0.717, 1.165) is 33.3 Å². The minimum absolute atomic E-state index is 0.106. The van der Waals surface area contributed by atoms with Crippen LogP contribution in [0.3, 0.4) is 0 Å². The lowest BCUT2D eigenvalue weighted by atomic mass is 10.1. The largest absolute Gasteiger partial charge is 0.241 e. The third-order valence-corrected chi connectivity index (χ3v) is 7.11. The lowest BCUT2D eigenvalue weighted by Crippen LogP contribution is -2.25. The molecule has 2 heterocycles. The van der Waals surface area contributed by atoms with Crippen LogP contribution in [0.1, 0.15) is 23.2 Å². The highest BCUT2D eigenvalue weighted by atomic mass is 32.2. The summed E-state index contributed by atoms with van der Waals surface area (Å²) in [4.78, 5) is 5.77. The van der Waals surface area contributed by atoms with Gasteiger partial charge in [-0.15, -0.1) is 0 Å². The molecule has 8 heteroatoms. The van der Waals surface area contributed by atoms with Crippen molar-refractivity contribution in [2.75, 3.05) is 0 Å². The summed E-state index contributed by atoms with van der Waals surface area (Å²) < 4.78 is 30.2. The van der Waals surface area contributed by atoms with Gasteiger partial charge in [0.1, 0.15) is 5.01 Å². The van der Waals surface area contributed by atoms with Crippen LogP contribution >= 0.6 is 11.3 Å². The fourth-order valence-electron chi connectivity index (χ4n) is 3.06. The lowest BCUT2D eigenvalue weighted by molar-refractivity contribution is 0.579. The number of rotatable bonds is 6. The molecular formula is C20H20N4O2S2. The number of aryl methyl sites for hydroxylation is 2. The van der Waals surface area contributed by atoms with E-state index in [4.69, 9.17) is 4.98 Å². The van der Waals surface area contributed by atoms with Crippen LogP contribution in [0.5, 0.6) is 0 Å². The molecule has 0 unspecified atom stereocenters. The van der Waals surface area contributed by atoms with Gasteiger partial charge in [0.2, 0.25) is 15.0 Å². The first-order valence-electron chi connectivity index (χ1n) is 8.97. The van der Waals surface area contributed by atoms with Crippen LogP contribution < -0.4 is 4.72 Å². The summed E-state index contributed by atoms with van der Waals surface area (Å²) in [5.74, 6) is 0. The molecule has 0 aliphatic heterocycles. The second-order valence-electron chi connectivity index (χ2n) is 6.41. The maximum Gasteiger partial charge on any atom is 0.241 e. The molecule has 144 valence electrons. The molecule has 4 aromatic rings. The molecule has 2 aromatic heterocycles. The van der Waals surface area contributed by atoms with Crippen molar-refractivity contribution in [1.29, 1.82) is 0 Å². The van der Waals surface area contributed by atoms with Crippen molar-refractivity contribution in [3.05, 3.63) is 70.9 Å². The smallest absolute Gasteiger partial charge is 0.217 e. The maximum absolute atomic E-state index is 12.8. The van der Waals surface area contributed by atoms with Gasteiger partial charge in [0, 0.05) is 5.56 Å². The number of benzene rings is 2. The molecule has 28 heavy (non-hydrogen) atoms. The van der Waals surface area contributed by atoms with Crippen LogP contribution in [0.25, 0.3) is 16.2 Å². The Hall–Kier alpha value is -2.55. The Morgan fingerprint density at radius 3 is 2.50 bits per heavy atom. The zero-order valence-electron chi connectivity index (χ0n) is 15.6. The van der Waals surface area contributed by atoms with Crippen molar-refractivity contribution in [3.63, 3.8) is 0 Å². The summed E-state index contributed by atoms with van der Waals surface area (Å²) >= 11 is 1.52. The summed E-state index contributed by atoms with van der Waals surface area (Å²) in [6, 6.07) is 16.7. The molecule has 4 rings (SSSR count). The molecule has 0 atom stereocenters. The second-order valence-corrected chi connectivity index (χ2v) is 9.18. The zero-order valence-corrected chi connectivity index (χ0v) is 17.2. The highest BCUT2D eigenvalue weighted by Crippen LogP contribution is 2.27. The van der Waals surface area contributed by atoms with Crippen LogP contribution in [0.2, 0.25) is 0 Å². The Bertz CT molecular complexity index is 1230. The number of fused-ring (bicyclic) bond motifs is 1. The molecule has 2 aromatic carbocycles. The van der Waals surface area contributed by atoms with Crippen LogP contribution in [0.4, 0.5) is 0 Å². The molecular weight excluding hydrogens is 392 g/mol. The standard InChI is InChI=1S/C20H20N4O2S2/c1-3-18-23-24-16(13-21-28(25,26)17-12-8-7-9-14(17)2)19(22-20(24)27-18)15-10-5-4-6-11-15/h4-12,21H,3,13H2,1-2H3. The predicted molar refractivity (Wildman–Crippen MR) is 111 cm³/mol. The minimum atomic E-state index is -3.65. The molecule has 0 saturated heterocycles. The molecule has 0 amide bonds. The van der Waals surface area contributed by atoms with E-state index in [0.29, 0.717) is 5.56 Å². The van der Waals surface area contributed by atoms with Gasteiger partial charge in [-0.2, -0.15) is 5.10 Å². The van der Waals surface area contributed by atoms with E-state index in [1.165, 1.54) is 11.3 Å². The number of hydrogen-bond acceptors (Lipinski definition) is 5. The van der Waals surface area contributed by atoms with E-state index in [2.05, 4.69) is 9.82 Å². The normalized spacial score (nSPS) is 11.9. The van der Waals surface area contributed by atoms with E-state index in [9.17, 15) is 8.42 Å². The number of hydrogen-bond donors (Lipinski definition) is 1. The number of aromatic nitrogens is 3. The molecule has 6 nitrogen and oxygen atoms in total. The molecule has 0 saturated carbocycles. The average Bonchev–Trinajstić information content (AvgIpc) is 3.25. The summed E-state index contributed by atoms with van der Waals surface area (Å²) in [6.07, 6.45) is 0.809. The van der Waals surface area contributed by atoms with Crippen molar-refractivity contribution in [2.45, 2.75) is 31.7 Å². The summed E-state index contributed by atoms with van der Waals surface area (Å²) in [7, 11) is -3.65. The topological polar surface area (TPSA) is 76.4 Å². The molecule has 0 fully saturated rings. The average molecular weight is 413 g/mol. The second kappa shape index (κ2) is 7.46. The van der Waals surface area contributed by atoms with Crippen LogP contribution in [-0.4, -0.2) is 23.0 Å². The molecule has 0 spiro atoms. The zero-order chi connectivity index (χ0) is 19.7. The van der Waals surface area contributed by atoms with Gasteiger partial charge >= 0.3 is 0 Å². The van der Waals surface area contributed by atoms with E-state index >= 15 is 0 Å². The number of nitrogens with zero attached hydrogens (tertiary/aromatic N) is 3. The summed E-state index contributed by atoms with van der Waals surface area (Å²) in [5.41, 5.74) is 3.12. The van der Waals surface area contributed by atoms with Gasteiger partial charge in [-0.1, -0.05) is 66.8 Å². The summed E-state index contributed by atoms with van der Waals surface area (Å²) in [5, 5.41) is 5.57. The monoisotopic (exact) mass is 412 g/mol. The first-order chi connectivity index (χ1) is 13.5. The van der Waals surface area contributed by atoms with E-state index in [-0.39, 0.29) is 11.4 Å². The fourth-order valence-corrected chi connectivity index (χ4v) is 5.14. The van der Waals surface area contributed by atoms with Gasteiger partial charge in [0.05, 0.1) is 22.8 Å². The van der Waals surface area contributed by atoms with E-state index in [1.54, 1.807) is 29.6 Å². The minimum Gasteiger partial charge on any atom is -0.217 e. The Balaban J connectivity index is 1.75. The third kappa shape index (κ3) is 3.46. The maximum atomic E-state index is 12.8. The van der Waals surface area contributed by atoms with Gasteiger partial charge in [-0.05, 0) is 25.0 Å². The molecule has 1 N–H and O–H groups in total. The van der Waals surface area contributed by atoms with Crippen molar-refractivity contribution >= 4 is 26.3 Å². The van der Waals surface area contributed by atoms with E-state index < -0.39 is 10.0 Å². The van der Waals surface area contributed by atoms with Crippen LogP contribution in [0.15, 0.2) is 59.5 Å². The van der Waals surface area contributed by atoms with Crippen LogP contribution in [0, 0.1) is 6.92 Å². The highest BCUT2D eigenvalue weighted by Gasteiger charge is 2.21. The summed E-state index contributed by atoms with van der Waals surface area (Å²) in [6.45, 7) is 3.93. The third-order valence-electron chi connectivity index (χ3n) is 4.50. The van der Waals surface area contributed by atoms with Gasteiger partial charge in [0.25, 0.3) is 0 Å². The van der Waals surface area contributed by atoms with Crippen molar-refractivity contribution in [3.8, 4) is 11.3 Å². The molecule has 0 aliphatic carbocycles. The van der Waals surface area contributed by atoms with Crippen molar-refractivity contribution in [1.82, 2.24) is 19.3 Å². The van der Waals surface area contributed by atoms with Gasteiger partial charge in [-0.25, -0.2) is 22.6 Å². The lowest BCUT2D eigenvalue weighted by Gasteiger charge is -2.10. The Kier molecular flexibility index (Phi) is 5.01. The number of sulfonamides is 1. The molecule has 0 aliphatic rings. The quantitative estimate of drug-likeness (QED) is 0.522. The van der Waals surface area contributed by atoms with Gasteiger partial charge in [0.15, 0.2) is 0 Å². The SMILES string of the molecule is CCc1nn2c(CNS(=O)(=O)c3ccccc3C)c(-c3ccccc3)nc2s1. The Morgan fingerprint density at radius 1 is 1.07 bits per heavy atom. The van der Waals surface area contributed by atoms with Gasteiger partial charge in [-0.3, -0.25) is 0 Å². The fraction of sp³-hybridized carbons (Fsp3) is 0.200. The van der Waals surface area contributed by atoms with E-state index in [1.807, 2.05) is 43.3 Å². The Morgan fingerprint density at radius 2 is 1.79 bits per heavy atom. The highest BCUT2D eigenvalue weighted by molar-refractivity contribution is 7.89. The number of imidazole rings is 1. The predicted octanol–water partition coefficient (Wildman–Crippen LogP) is 3.81.